The zero-order valence-corrected chi connectivity index (χ0v) is 14.5. The van der Waals surface area contributed by atoms with Gasteiger partial charge in [0.2, 0.25) is 0 Å². The van der Waals surface area contributed by atoms with Gasteiger partial charge in [0, 0.05) is 10.7 Å². The highest BCUT2D eigenvalue weighted by molar-refractivity contribution is 9.10. The summed E-state index contributed by atoms with van der Waals surface area (Å²) in [6, 6.07) is 10.9. The van der Waals surface area contributed by atoms with Crippen LogP contribution in [0.5, 0.6) is 0 Å². The molecular formula is C17H18BrClN2. The van der Waals surface area contributed by atoms with Crippen LogP contribution in [0.3, 0.4) is 0 Å². The van der Waals surface area contributed by atoms with Crippen LogP contribution in [-0.2, 0) is 5.41 Å². The molecule has 110 valence electrons. The number of benzene rings is 1. The molecule has 21 heavy (non-hydrogen) atoms. The first-order valence-corrected chi connectivity index (χ1v) is 8.31. The highest BCUT2D eigenvalue weighted by Crippen LogP contribution is 2.43. The Hall–Kier alpha value is -1.06. The maximum atomic E-state index is 6.20. The molecule has 4 heteroatoms. The Kier molecular flexibility index (Phi) is 3.98. The molecule has 3 rings (SSSR count). The molecule has 0 saturated carbocycles. The highest BCUT2D eigenvalue weighted by atomic mass is 79.9. The van der Waals surface area contributed by atoms with Crippen molar-refractivity contribution >= 4 is 33.2 Å². The van der Waals surface area contributed by atoms with Gasteiger partial charge in [0.05, 0.1) is 11.7 Å². The van der Waals surface area contributed by atoms with Crippen molar-refractivity contribution in [1.29, 1.82) is 0 Å². The zero-order valence-electron chi connectivity index (χ0n) is 12.2. The molecule has 1 aliphatic rings. The second-order valence-corrected chi connectivity index (χ2v) is 7.47. The molecule has 0 radical (unpaired) electrons. The van der Waals surface area contributed by atoms with Crippen LogP contribution in [-0.4, -0.2) is 4.98 Å². The minimum Gasteiger partial charge on any atom is -0.376 e. The second-order valence-electron chi connectivity index (χ2n) is 6.20. The summed E-state index contributed by atoms with van der Waals surface area (Å²) in [4.78, 5) is 4.18. The molecule has 0 bridgehead atoms. The van der Waals surface area contributed by atoms with Crippen molar-refractivity contribution in [1.82, 2.24) is 4.98 Å². The minimum atomic E-state index is 0.230. The monoisotopic (exact) mass is 364 g/mol. The number of halogens is 2. The van der Waals surface area contributed by atoms with Gasteiger partial charge < -0.3 is 5.32 Å². The van der Waals surface area contributed by atoms with E-state index in [1.54, 1.807) is 6.20 Å². The van der Waals surface area contributed by atoms with Crippen molar-refractivity contribution in [2.45, 2.75) is 38.1 Å². The quantitative estimate of drug-likeness (QED) is 0.688. The van der Waals surface area contributed by atoms with E-state index in [0.717, 1.165) is 23.0 Å². The molecule has 1 unspecified atom stereocenters. The Bertz CT molecular complexity index is 670. The van der Waals surface area contributed by atoms with Crippen LogP contribution in [0, 0.1) is 0 Å². The molecule has 1 aliphatic carbocycles. The van der Waals surface area contributed by atoms with Gasteiger partial charge >= 0.3 is 0 Å². The Balaban J connectivity index is 1.96. The molecular weight excluding hydrogens is 348 g/mol. The van der Waals surface area contributed by atoms with Gasteiger partial charge in [-0.1, -0.05) is 49.7 Å². The van der Waals surface area contributed by atoms with Crippen molar-refractivity contribution in [3.05, 3.63) is 57.3 Å². The molecule has 1 atom stereocenters. The maximum Gasteiger partial charge on any atom is 0.152 e. The van der Waals surface area contributed by atoms with Crippen molar-refractivity contribution in [2.75, 3.05) is 5.32 Å². The van der Waals surface area contributed by atoms with Gasteiger partial charge in [-0.25, -0.2) is 4.98 Å². The number of nitrogens with one attached hydrogen (secondary N) is 1. The smallest absolute Gasteiger partial charge is 0.152 e. The molecule has 1 heterocycles. The summed E-state index contributed by atoms with van der Waals surface area (Å²) < 4.78 is 0.929. The lowest BCUT2D eigenvalue weighted by Crippen LogP contribution is -2.29. The molecule has 1 aromatic heterocycles. The van der Waals surface area contributed by atoms with Gasteiger partial charge in [-0.3, -0.25) is 0 Å². The fourth-order valence-corrected chi connectivity index (χ4v) is 3.56. The predicted octanol–water partition coefficient (Wildman–Crippen LogP) is 5.72. The Labute approximate surface area is 139 Å². The predicted molar refractivity (Wildman–Crippen MR) is 92.0 cm³/mol. The number of aromatic nitrogens is 1. The van der Waals surface area contributed by atoms with E-state index in [1.807, 2.05) is 6.07 Å². The van der Waals surface area contributed by atoms with Crippen LogP contribution in [0.2, 0.25) is 5.15 Å². The molecule has 2 nitrogen and oxygen atoms in total. The SMILES string of the molecule is CC1(C)CCC(Nc2cc(Br)cnc2Cl)c2ccccc21. The summed E-state index contributed by atoms with van der Waals surface area (Å²) in [5.74, 6) is 0. The minimum absolute atomic E-state index is 0.230. The normalized spacial score (nSPS) is 19.9. The van der Waals surface area contributed by atoms with Gasteiger partial charge in [0.15, 0.2) is 5.15 Å². The van der Waals surface area contributed by atoms with Crippen LogP contribution in [0.1, 0.15) is 43.9 Å². The summed E-state index contributed by atoms with van der Waals surface area (Å²) in [6.45, 7) is 4.63. The summed E-state index contributed by atoms with van der Waals surface area (Å²) in [7, 11) is 0. The maximum absolute atomic E-state index is 6.20. The lowest BCUT2D eigenvalue weighted by Gasteiger charge is -2.37. The molecule has 0 amide bonds. The second kappa shape index (κ2) is 5.62. The first-order valence-electron chi connectivity index (χ1n) is 7.14. The van der Waals surface area contributed by atoms with Gasteiger partial charge in [-0.2, -0.15) is 0 Å². The van der Waals surface area contributed by atoms with Gasteiger partial charge in [-0.15, -0.1) is 0 Å². The van der Waals surface area contributed by atoms with Crippen LogP contribution in [0.25, 0.3) is 0 Å². The molecule has 0 spiro atoms. The third-order valence-corrected chi connectivity index (χ3v) is 4.99. The fourth-order valence-electron chi connectivity index (χ4n) is 3.07. The highest BCUT2D eigenvalue weighted by Gasteiger charge is 2.32. The van der Waals surface area contributed by atoms with Crippen molar-refractivity contribution in [3.8, 4) is 0 Å². The lowest BCUT2D eigenvalue weighted by molar-refractivity contribution is 0.406. The zero-order chi connectivity index (χ0) is 15.0. The van der Waals surface area contributed by atoms with Crippen LogP contribution < -0.4 is 5.32 Å². The van der Waals surface area contributed by atoms with Crippen molar-refractivity contribution in [2.24, 2.45) is 0 Å². The van der Waals surface area contributed by atoms with Gasteiger partial charge in [0.25, 0.3) is 0 Å². The number of pyridine rings is 1. The molecule has 1 N–H and O–H groups in total. The molecule has 2 aromatic rings. The van der Waals surface area contributed by atoms with E-state index in [1.165, 1.54) is 11.1 Å². The Morgan fingerprint density at radius 2 is 2.10 bits per heavy atom. The average Bonchev–Trinajstić information content (AvgIpc) is 2.46. The summed E-state index contributed by atoms with van der Waals surface area (Å²) >= 11 is 9.65. The Morgan fingerprint density at radius 1 is 1.33 bits per heavy atom. The largest absolute Gasteiger partial charge is 0.376 e. The first kappa shape index (κ1) is 14.9. The van der Waals surface area contributed by atoms with E-state index in [2.05, 4.69) is 64.3 Å². The van der Waals surface area contributed by atoms with Crippen LogP contribution in [0.15, 0.2) is 41.0 Å². The van der Waals surface area contributed by atoms with Crippen molar-refractivity contribution < 1.29 is 0 Å². The summed E-state index contributed by atoms with van der Waals surface area (Å²) in [6.07, 6.45) is 3.96. The average molecular weight is 366 g/mol. The molecule has 0 aliphatic heterocycles. The van der Waals surface area contributed by atoms with E-state index in [-0.39, 0.29) is 11.5 Å². The number of hydrogen-bond acceptors (Lipinski definition) is 2. The van der Waals surface area contributed by atoms with E-state index in [9.17, 15) is 0 Å². The van der Waals surface area contributed by atoms with E-state index >= 15 is 0 Å². The van der Waals surface area contributed by atoms with E-state index < -0.39 is 0 Å². The topological polar surface area (TPSA) is 24.9 Å². The number of fused-ring (bicyclic) bond motifs is 1. The lowest BCUT2D eigenvalue weighted by atomic mass is 9.71. The summed E-state index contributed by atoms with van der Waals surface area (Å²) in [5.41, 5.74) is 3.90. The standard InChI is InChI=1S/C17H18BrClN2/c1-17(2)8-7-14(12-5-3-4-6-13(12)17)21-15-9-11(18)10-20-16(15)19/h3-6,9-10,14,21H,7-8H2,1-2H3. The third kappa shape index (κ3) is 2.95. The molecule has 1 aromatic carbocycles. The van der Waals surface area contributed by atoms with Crippen LogP contribution >= 0.6 is 27.5 Å². The number of nitrogens with zero attached hydrogens (tertiary/aromatic N) is 1. The van der Waals surface area contributed by atoms with E-state index in [4.69, 9.17) is 11.6 Å². The summed E-state index contributed by atoms with van der Waals surface area (Å²) in [5, 5.41) is 4.07. The number of anilines is 1. The van der Waals surface area contributed by atoms with E-state index in [0.29, 0.717) is 5.15 Å². The fraction of sp³-hybridized carbons (Fsp3) is 0.353. The first-order chi connectivity index (χ1) is 9.97. The van der Waals surface area contributed by atoms with Crippen LogP contribution in [0.4, 0.5) is 5.69 Å². The van der Waals surface area contributed by atoms with Crippen molar-refractivity contribution in [3.63, 3.8) is 0 Å². The third-order valence-electron chi connectivity index (χ3n) is 4.26. The number of hydrogen-bond donors (Lipinski definition) is 1. The van der Waals surface area contributed by atoms with Gasteiger partial charge in [-0.05, 0) is 51.4 Å². The molecule has 0 saturated heterocycles. The van der Waals surface area contributed by atoms with Gasteiger partial charge in [0.1, 0.15) is 0 Å². The number of rotatable bonds is 2. The Morgan fingerprint density at radius 3 is 2.90 bits per heavy atom. The molecule has 0 fully saturated rings.